The number of nitrogens with zero attached hydrogens (tertiary/aromatic N) is 1. The van der Waals surface area contributed by atoms with Crippen molar-refractivity contribution in [2.24, 2.45) is 0 Å². The maximum Gasteiger partial charge on any atom is 0.0452 e. The van der Waals surface area contributed by atoms with Gasteiger partial charge in [0.2, 0.25) is 0 Å². The van der Waals surface area contributed by atoms with E-state index in [0.29, 0.717) is 0 Å². The zero-order valence-electron chi connectivity index (χ0n) is 11.3. The number of benzene rings is 1. The second-order valence-corrected chi connectivity index (χ2v) is 7.41. The van der Waals surface area contributed by atoms with E-state index in [4.69, 9.17) is 10.8 Å². The number of hydrogen-bond donors (Lipinski definition) is 2. The first-order chi connectivity index (χ1) is 9.29. The Morgan fingerprint density at radius 3 is 2.79 bits per heavy atom. The fraction of sp³-hybridized carbons (Fsp3) is 0.571. The first kappa shape index (κ1) is 15.1. The molecule has 1 unspecified atom stereocenters. The molecule has 0 bridgehead atoms. The summed E-state index contributed by atoms with van der Waals surface area (Å²) >= 11 is 1.75. The molecule has 3 nitrogen and oxygen atoms in total. The van der Waals surface area contributed by atoms with E-state index in [9.17, 15) is 0 Å². The molecule has 0 saturated carbocycles. The third-order valence-electron chi connectivity index (χ3n) is 3.22. The second kappa shape index (κ2) is 8.11. The van der Waals surface area contributed by atoms with Crippen molar-refractivity contribution in [1.82, 2.24) is 4.67 Å². The fourth-order valence-corrected chi connectivity index (χ4v) is 4.48. The highest BCUT2D eigenvalue weighted by Gasteiger charge is 2.11. The Bertz CT molecular complexity index is 397. The van der Waals surface area contributed by atoms with Gasteiger partial charge in [-0.25, -0.2) is 0 Å². The molecule has 19 heavy (non-hydrogen) atoms. The van der Waals surface area contributed by atoms with Gasteiger partial charge in [-0.05, 0) is 45.4 Å². The summed E-state index contributed by atoms with van der Waals surface area (Å²) in [6.45, 7) is 2.72. The Kier molecular flexibility index (Phi) is 6.45. The standard InChI is InChI=1S/C14H23N2OPS/c15-13-6-5-12(11-14(13)19-10-4-9-17)18-16-7-2-1-3-8-16/h5-6,11,17-18H,1-4,7-10,15H2. The predicted molar refractivity (Wildman–Crippen MR) is 86.7 cm³/mol. The maximum atomic E-state index is 8.83. The smallest absolute Gasteiger partial charge is 0.0452 e. The Morgan fingerprint density at radius 1 is 1.26 bits per heavy atom. The summed E-state index contributed by atoms with van der Waals surface area (Å²) in [5, 5.41) is 10.2. The number of nitrogens with two attached hydrogens (primary N) is 1. The lowest BCUT2D eigenvalue weighted by Crippen LogP contribution is -2.24. The van der Waals surface area contributed by atoms with E-state index in [0.717, 1.165) is 31.5 Å². The van der Waals surface area contributed by atoms with Crippen LogP contribution in [0, 0.1) is 0 Å². The van der Waals surface area contributed by atoms with Gasteiger partial charge in [0, 0.05) is 36.0 Å². The molecule has 1 fully saturated rings. The van der Waals surface area contributed by atoms with E-state index >= 15 is 0 Å². The van der Waals surface area contributed by atoms with Gasteiger partial charge in [0.25, 0.3) is 0 Å². The summed E-state index contributed by atoms with van der Waals surface area (Å²) in [4.78, 5) is 1.16. The minimum Gasteiger partial charge on any atom is -0.398 e. The van der Waals surface area contributed by atoms with Crippen LogP contribution in [-0.2, 0) is 0 Å². The molecular formula is C14H23N2OPS. The Morgan fingerprint density at radius 2 is 2.05 bits per heavy atom. The van der Waals surface area contributed by atoms with Gasteiger partial charge in [-0.15, -0.1) is 11.8 Å². The molecule has 1 aliphatic rings. The van der Waals surface area contributed by atoms with E-state index in [2.05, 4.69) is 16.8 Å². The number of anilines is 1. The SMILES string of the molecule is Nc1ccc(PN2CCCCC2)cc1SCCCO. The van der Waals surface area contributed by atoms with Crippen LogP contribution in [0.5, 0.6) is 0 Å². The largest absolute Gasteiger partial charge is 0.398 e. The first-order valence-corrected chi connectivity index (χ1v) is 8.87. The molecule has 1 heterocycles. The van der Waals surface area contributed by atoms with Gasteiger partial charge in [-0.3, -0.25) is 4.67 Å². The van der Waals surface area contributed by atoms with E-state index in [1.807, 2.05) is 6.07 Å². The topological polar surface area (TPSA) is 49.5 Å². The molecule has 3 N–H and O–H groups in total. The van der Waals surface area contributed by atoms with E-state index < -0.39 is 0 Å². The van der Waals surface area contributed by atoms with Crippen LogP contribution in [0.1, 0.15) is 25.7 Å². The molecule has 5 heteroatoms. The van der Waals surface area contributed by atoms with Crippen molar-refractivity contribution < 1.29 is 5.11 Å². The number of piperidine rings is 1. The third kappa shape index (κ3) is 4.96. The molecule has 2 rings (SSSR count). The van der Waals surface area contributed by atoms with Crippen LogP contribution in [0.2, 0.25) is 0 Å². The van der Waals surface area contributed by atoms with Crippen molar-refractivity contribution in [2.45, 2.75) is 30.6 Å². The molecular weight excluding hydrogens is 275 g/mol. The summed E-state index contributed by atoms with van der Waals surface area (Å²) in [6, 6.07) is 6.40. The summed E-state index contributed by atoms with van der Waals surface area (Å²) < 4.78 is 2.55. The highest BCUT2D eigenvalue weighted by atomic mass is 32.2. The number of aliphatic hydroxyl groups is 1. The van der Waals surface area contributed by atoms with Crippen molar-refractivity contribution >= 4 is 31.5 Å². The molecule has 1 saturated heterocycles. The van der Waals surface area contributed by atoms with Crippen LogP contribution in [0.25, 0.3) is 0 Å². The van der Waals surface area contributed by atoms with Crippen molar-refractivity contribution in [2.75, 3.05) is 31.2 Å². The van der Waals surface area contributed by atoms with Crippen LogP contribution in [0.3, 0.4) is 0 Å². The van der Waals surface area contributed by atoms with Crippen LogP contribution in [0.4, 0.5) is 5.69 Å². The molecule has 1 atom stereocenters. The lowest BCUT2D eigenvalue weighted by Gasteiger charge is -2.26. The molecule has 1 aromatic carbocycles. The van der Waals surface area contributed by atoms with E-state index in [1.54, 1.807) is 11.8 Å². The molecule has 0 amide bonds. The number of rotatable bonds is 6. The molecule has 0 radical (unpaired) electrons. The molecule has 1 aromatic rings. The average molecular weight is 298 g/mol. The number of hydrogen-bond acceptors (Lipinski definition) is 4. The second-order valence-electron chi connectivity index (χ2n) is 4.84. The third-order valence-corrected chi connectivity index (χ3v) is 5.71. The summed E-state index contributed by atoms with van der Waals surface area (Å²) in [5.74, 6) is 0.928. The zero-order chi connectivity index (χ0) is 13.5. The summed E-state index contributed by atoms with van der Waals surface area (Å²) in [5.41, 5.74) is 6.87. The van der Waals surface area contributed by atoms with Crippen molar-refractivity contribution in [3.05, 3.63) is 18.2 Å². The van der Waals surface area contributed by atoms with Crippen LogP contribution in [-0.4, -0.2) is 35.2 Å². The van der Waals surface area contributed by atoms with Crippen molar-refractivity contribution in [3.8, 4) is 0 Å². The minimum atomic E-state index is 0.252. The van der Waals surface area contributed by atoms with Gasteiger partial charge in [-0.2, -0.15) is 0 Å². The predicted octanol–water partition coefficient (Wildman–Crippen LogP) is 2.45. The number of nitrogen functional groups attached to an aromatic ring is 1. The Labute approximate surface area is 121 Å². The Balaban J connectivity index is 1.94. The van der Waals surface area contributed by atoms with Gasteiger partial charge in [0.05, 0.1) is 0 Å². The first-order valence-electron chi connectivity index (χ1n) is 6.94. The van der Waals surface area contributed by atoms with Crippen LogP contribution >= 0.6 is 20.5 Å². The average Bonchev–Trinajstić information content (AvgIpc) is 2.44. The van der Waals surface area contributed by atoms with Gasteiger partial charge >= 0.3 is 0 Å². The van der Waals surface area contributed by atoms with Crippen molar-refractivity contribution in [1.29, 1.82) is 0 Å². The van der Waals surface area contributed by atoms with E-state index in [-0.39, 0.29) is 6.61 Å². The number of aliphatic hydroxyl groups excluding tert-OH is 1. The summed E-state index contributed by atoms with van der Waals surface area (Å²) in [6.07, 6.45) is 4.87. The maximum absolute atomic E-state index is 8.83. The fourth-order valence-electron chi connectivity index (χ4n) is 2.16. The van der Waals surface area contributed by atoms with E-state index in [1.165, 1.54) is 37.7 Å². The highest BCUT2D eigenvalue weighted by molar-refractivity contribution is 7.99. The monoisotopic (exact) mass is 298 g/mol. The summed E-state index contributed by atoms with van der Waals surface area (Å²) in [7, 11) is 0.767. The minimum absolute atomic E-state index is 0.252. The van der Waals surface area contributed by atoms with Gasteiger partial charge in [0.1, 0.15) is 0 Å². The molecule has 1 aliphatic heterocycles. The quantitative estimate of drug-likeness (QED) is 0.366. The van der Waals surface area contributed by atoms with Crippen LogP contribution in [0.15, 0.2) is 23.1 Å². The lowest BCUT2D eigenvalue weighted by atomic mass is 10.2. The molecule has 0 spiro atoms. The zero-order valence-corrected chi connectivity index (χ0v) is 13.1. The van der Waals surface area contributed by atoms with Gasteiger partial charge in [-0.1, -0.05) is 12.5 Å². The Hall–Kier alpha value is -0.280. The molecule has 0 aromatic heterocycles. The van der Waals surface area contributed by atoms with Crippen LogP contribution < -0.4 is 11.0 Å². The number of thioether (sulfide) groups is 1. The molecule has 0 aliphatic carbocycles. The highest BCUT2D eigenvalue weighted by Crippen LogP contribution is 2.29. The van der Waals surface area contributed by atoms with Gasteiger partial charge in [0.15, 0.2) is 0 Å². The van der Waals surface area contributed by atoms with Gasteiger partial charge < -0.3 is 10.8 Å². The normalized spacial score (nSPS) is 17.3. The van der Waals surface area contributed by atoms with Crippen molar-refractivity contribution in [3.63, 3.8) is 0 Å². The molecule has 106 valence electrons. The lowest BCUT2D eigenvalue weighted by molar-refractivity contribution is 0.296.